The lowest BCUT2D eigenvalue weighted by molar-refractivity contribution is -0.115. The van der Waals surface area contributed by atoms with E-state index in [1.54, 1.807) is 23.7 Å². The lowest BCUT2D eigenvalue weighted by atomic mass is 10.2. The van der Waals surface area contributed by atoms with Crippen molar-refractivity contribution >= 4 is 34.8 Å². The number of carbonyl (C=O) groups excluding carboxylic acids is 1. The molecule has 2 aromatic carbocycles. The van der Waals surface area contributed by atoms with Crippen molar-refractivity contribution in [3.63, 3.8) is 0 Å². The number of ether oxygens (including phenoxy) is 1. The van der Waals surface area contributed by atoms with E-state index in [1.165, 1.54) is 0 Å². The van der Waals surface area contributed by atoms with Gasteiger partial charge in [-0.15, -0.1) is 5.10 Å². The minimum Gasteiger partial charge on any atom is -0.463 e. The Kier molecular flexibility index (Phi) is 5.98. The summed E-state index contributed by atoms with van der Waals surface area (Å²) < 4.78 is 7.12. The molecule has 3 rings (SSSR count). The van der Waals surface area contributed by atoms with Gasteiger partial charge in [0.15, 0.2) is 5.82 Å². The molecule has 0 atom stereocenters. The van der Waals surface area contributed by atoms with Crippen LogP contribution in [-0.4, -0.2) is 27.3 Å². The molecule has 1 amide bonds. The zero-order chi connectivity index (χ0) is 19.4. The van der Waals surface area contributed by atoms with Gasteiger partial charge in [0.05, 0.1) is 22.3 Å². The van der Waals surface area contributed by atoms with Crippen molar-refractivity contribution in [3.05, 3.63) is 52.5 Å². The molecule has 0 aliphatic rings. The maximum Gasteiger partial charge on any atom is 0.336 e. The van der Waals surface area contributed by atoms with Gasteiger partial charge in [-0.25, -0.2) is 4.68 Å². The molecule has 3 aromatic rings. The van der Waals surface area contributed by atoms with Gasteiger partial charge < -0.3 is 10.1 Å². The fourth-order valence-corrected chi connectivity index (χ4v) is 2.72. The van der Waals surface area contributed by atoms with Gasteiger partial charge in [0.1, 0.15) is 0 Å². The van der Waals surface area contributed by atoms with Crippen molar-refractivity contribution in [3.8, 4) is 23.1 Å². The Bertz CT molecular complexity index is 955. The molecule has 0 aliphatic carbocycles. The fraction of sp³-hybridized carbons (Fsp3) is 0.211. The zero-order valence-corrected chi connectivity index (χ0v) is 16.4. The molecule has 1 N–H and O–H groups in total. The Labute approximate surface area is 167 Å². The van der Waals surface area contributed by atoms with Crippen LogP contribution in [0.2, 0.25) is 10.0 Å². The van der Waals surface area contributed by atoms with Crippen molar-refractivity contribution < 1.29 is 9.53 Å². The molecule has 0 saturated heterocycles. The summed E-state index contributed by atoms with van der Waals surface area (Å²) in [6.45, 7) is 4.12. The molecule has 8 heteroatoms. The first kappa shape index (κ1) is 19.2. The lowest BCUT2D eigenvalue weighted by Gasteiger charge is -2.08. The topological polar surface area (TPSA) is 69.0 Å². The third-order valence-corrected chi connectivity index (χ3v) is 4.49. The highest BCUT2D eigenvalue weighted by molar-refractivity contribution is 6.42. The Morgan fingerprint density at radius 1 is 1.11 bits per heavy atom. The van der Waals surface area contributed by atoms with Gasteiger partial charge in [-0.3, -0.25) is 4.79 Å². The number of rotatable bonds is 6. The Morgan fingerprint density at radius 2 is 1.85 bits per heavy atom. The summed E-state index contributed by atoms with van der Waals surface area (Å²) in [5.41, 5.74) is 2.24. The molecule has 0 bridgehead atoms. The number of benzene rings is 2. The number of amides is 1. The van der Waals surface area contributed by atoms with Crippen molar-refractivity contribution in [2.45, 2.75) is 20.3 Å². The van der Waals surface area contributed by atoms with Gasteiger partial charge in [-0.1, -0.05) is 30.1 Å². The summed E-state index contributed by atoms with van der Waals surface area (Å²) in [4.78, 5) is 16.0. The maximum atomic E-state index is 11.5. The van der Waals surface area contributed by atoms with Crippen molar-refractivity contribution in [2.75, 3.05) is 11.9 Å². The van der Waals surface area contributed by atoms with E-state index >= 15 is 0 Å². The van der Waals surface area contributed by atoms with E-state index in [2.05, 4.69) is 15.4 Å². The van der Waals surface area contributed by atoms with Gasteiger partial charge >= 0.3 is 6.01 Å². The molecular formula is C19H18Cl2N4O2. The highest BCUT2D eigenvalue weighted by Crippen LogP contribution is 2.30. The number of aromatic nitrogens is 3. The van der Waals surface area contributed by atoms with Crippen molar-refractivity contribution in [2.24, 2.45) is 0 Å². The quantitative estimate of drug-likeness (QED) is 0.628. The number of hydrogen-bond acceptors (Lipinski definition) is 4. The van der Waals surface area contributed by atoms with Gasteiger partial charge in [-0.05, 0) is 49.4 Å². The summed E-state index contributed by atoms with van der Waals surface area (Å²) in [6, 6.07) is 12.8. The molecule has 0 saturated carbocycles. The smallest absolute Gasteiger partial charge is 0.336 e. The van der Waals surface area contributed by atoms with Crippen LogP contribution in [0.4, 0.5) is 5.69 Å². The molecule has 0 radical (unpaired) electrons. The van der Waals surface area contributed by atoms with Gasteiger partial charge in [-0.2, -0.15) is 4.98 Å². The van der Waals surface area contributed by atoms with Crippen LogP contribution in [0.5, 0.6) is 6.01 Å². The van der Waals surface area contributed by atoms with Crippen LogP contribution >= 0.6 is 23.2 Å². The van der Waals surface area contributed by atoms with Crippen LogP contribution in [-0.2, 0) is 4.79 Å². The number of nitrogens with zero attached hydrogens (tertiary/aromatic N) is 3. The molecule has 1 aromatic heterocycles. The maximum absolute atomic E-state index is 11.5. The molecule has 27 heavy (non-hydrogen) atoms. The molecule has 0 unspecified atom stereocenters. The standard InChI is InChI=1S/C19H18Cl2N4O2/c1-3-17(26)22-13-6-8-14(9-7-13)25-18(23-19(24-25)27-4-2)12-5-10-15(20)16(21)11-12/h5-11H,3-4H2,1-2H3,(H,22,26). The second kappa shape index (κ2) is 8.41. The van der Waals surface area contributed by atoms with Crippen LogP contribution in [0, 0.1) is 0 Å². The average Bonchev–Trinajstić information content (AvgIpc) is 3.08. The van der Waals surface area contributed by atoms with E-state index < -0.39 is 0 Å². The Morgan fingerprint density at radius 3 is 2.48 bits per heavy atom. The monoisotopic (exact) mass is 404 g/mol. The second-order valence-corrected chi connectivity index (χ2v) is 6.45. The van der Waals surface area contributed by atoms with E-state index in [0.29, 0.717) is 34.6 Å². The third kappa shape index (κ3) is 4.40. The molecule has 0 fully saturated rings. The van der Waals surface area contributed by atoms with Gasteiger partial charge in [0, 0.05) is 17.7 Å². The average molecular weight is 405 g/mol. The number of hydrogen-bond donors (Lipinski definition) is 1. The van der Waals surface area contributed by atoms with Crippen LogP contribution in [0.25, 0.3) is 17.1 Å². The molecule has 0 spiro atoms. The first-order chi connectivity index (χ1) is 13.0. The molecule has 140 valence electrons. The minimum absolute atomic E-state index is 0.0429. The van der Waals surface area contributed by atoms with Gasteiger partial charge in [0.25, 0.3) is 0 Å². The predicted octanol–water partition coefficient (Wildman–Crippen LogP) is 4.99. The van der Waals surface area contributed by atoms with E-state index in [0.717, 1.165) is 11.3 Å². The van der Waals surface area contributed by atoms with E-state index in [9.17, 15) is 4.79 Å². The largest absolute Gasteiger partial charge is 0.463 e. The van der Waals surface area contributed by atoms with Crippen LogP contribution in [0.3, 0.4) is 0 Å². The van der Waals surface area contributed by atoms with E-state index in [4.69, 9.17) is 27.9 Å². The third-order valence-electron chi connectivity index (χ3n) is 3.76. The normalized spacial score (nSPS) is 10.7. The minimum atomic E-state index is -0.0429. The number of anilines is 1. The first-order valence-corrected chi connectivity index (χ1v) is 9.23. The summed E-state index contributed by atoms with van der Waals surface area (Å²) >= 11 is 12.2. The molecule has 0 aliphatic heterocycles. The highest BCUT2D eigenvalue weighted by Gasteiger charge is 2.16. The molecule has 6 nitrogen and oxygen atoms in total. The fourth-order valence-electron chi connectivity index (χ4n) is 2.42. The van der Waals surface area contributed by atoms with Crippen LogP contribution < -0.4 is 10.1 Å². The van der Waals surface area contributed by atoms with Gasteiger partial charge in [0.2, 0.25) is 5.91 Å². The number of nitrogens with one attached hydrogen (secondary N) is 1. The van der Waals surface area contributed by atoms with E-state index in [-0.39, 0.29) is 11.9 Å². The Balaban J connectivity index is 2.01. The van der Waals surface area contributed by atoms with Crippen molar-refractivity contribution in [1.29, 1.82) is 0 Å². The Hall–Kier alpha value is -2.57. The van der Waals surface area contributed by atoms with Crippen LogP contribution in [0.15, 0.2) is 42.5 Å². The summed E-state index contributed by atoms with van der Waals surface area (Å²) in [6.07, 6.45) is 0.421. The number of halogens is 2. The summed E-state index contributed by atoms with van der Waals surface area (Å²) in [5, 5.41) is 8.14. The highest BCUT2D eigenvalue weighted by atomic mass is 35.5. The second-order valence-electron chi connectivity index (χ2n) is 5.64. The van der Waals surface area contributed by atoms with Crippen molar-refractivity contribution in [1.82, 2.24) is 14.8 Å². The predicted molar refractivity (Wildman–Crippen MR) is 107 cm³/mol. The number of carbonyl (C=O) groups is 1. The van der Waals surface area contributed by atoms with E-state index in [1.807, 2.05) is 37.3 Å². The lowest BCUT2D eigenvalue weighted by Crippen LogP contribution is -2.09. The zero-order valence-electron chi connectivity index (χ0n) is 14.9. The summed E-state index contributed by atoms with van der Waals surface area (Å²) in [5.74, 6) is 0.529. The van der Waals surface area contributed by atoms with Crippen LogP contribution in [0.1, 0.15) is 20.3 Å². The molecular weight excluding hydrogens is 387 g/mol. The summed E-state index contributed by atoms with van der Waals surface area (Å²) in [7, 11) is 0. The SMILES string of the molecule is CCOc1nc(-c2ccc(Cl)c(Cl)c2)n(-c2ccc(NC(=O)CC)cc2)n1. The molecule has 1 heterocycles. The first-order valence-electron chi connectivity index (χ1n) is 8.47.